The van der Waals surface area contributed by atoms with E-state index in [0.29, 0.717) is 29.7 Å². The number of rotatable bonds is 5. The summed E-state index contributed by atoms with van der Waals surface area (Å²) in [5.41, 5.74) is 7.60. The van der Waals surface area contributed by atoms with Gasteiger partial charge in [0.2, 0.25) is 5.88 Å². The van der Waals surface area contributed by atoms with Crippen LogP contribution in [0.5, 0.6) is 5.88 Å². The second-order valence-electron chi connectivity index (χ2n) is 4.55. The van der Waals surface area contributed by atoms with Gasteiger partial charge in [0.15, 0.2) is 0 Å². The quantitative estimate of drug-likeness (QED) is 0.874. The lowest BCUT2D eigenvalue weighted by Crippen LogP contribution is -2.04. The average Bonchev–Trinajstić information content (AvgIpc) is 2.43. The summed E-state index contributed by atoms with van der Waals surface area (Å²) in [4.78, 5) is 4.25. The van der Waals surface area contributed by atoms with E-state index in [0.717, 1.165) is 12.0 Å². The van der Waals surface area contributed by atoms with Gasteiger partial charge in [0, 0.05) is 0 Å². The number of nitrogen functional groups attached to an aromatic ring is 1. The summed E-state index contributed by atoms with van der Waals surface area (Å²) in [6.45, 7) is 4.44. The fourth-order valence-electron chi connectivity index (χ4n) is 1.71. The fourth-order valence-corrected chi connectivity index (χ4v) is 1.71. The van der Waals surface area contributed by atoms with E-state index in [1.54, 1.807) is 24.3 Å². The van der Waals surface area contributed by atoms with Crippen molar-refractivity contribution in [2.24, 2.45) is 0 Å². The van der Waals surface area contributed by atoms with Crippen molar-refractivity contribution in [1.82, 2.24) is 4.98 Å². The minimum Gasteiger partial charge on any atom is -0.476 e. The zero-order valence-electron chi connectivity index (χ0n) is 11.6. The molecule has 1 heterocycles. The van der Waals surface area contributed by atoms with E-state index in [1.165, 1.54) is 6.07 Å². The number of aryl methyl sites for hydroxylation is 1. The Morgan fingerprint density at radius 3 is 2.85 bits per heavy atom. The fraction of sp³-hybridized carbons (Fsp3) is 0.267. The zero-order chi connectivity index (χ0) is 14.5. The van der Waals surface area contributed by atoms with Gasteiger partial charge in [0.05, 0.1) is 18.0 Å². The van der Waals surface area contributed by atoms with Crippen molar-refractivity contribution < 1.29 is 9.13 Å². The number of halogens is 1. The van der Waals surface area contributed by atoms with Crippen LogP contribution in [0.1, 0.15) is 18.9 Å². The first-order chi connectivity index (χ1) is 9.60. The molecule has 0 amide bonds. The van der Waals surface area contributed by atoms with Gasteiger partial charge in [-0.15, -0.1) is 0 Å². The molecule has 1 aromatic heterocycles. The molecule has 0 bridgehead atoms. The van der Waals surface area contributed by atoms with E-state index in [2.05, 4.69) is 10.3 Å². The molecule has 2 aromatic rings. The Morgan fingerprint density at radius 1 is 1.30 bits per heavy atom. The molecule has 3 N–H and O–H groups in total. The third kappa shape index (κ3) is 3.38. The van der Waals surface area contributed by atoms with Crippen LogP contribution in [0.15, 0.2) is 30.3 Å². The van der Waals surface area contributed by atoms with Crippen molar-refractivity contribution in [2.45, 2.75) is 20.3 Å². The average molecular weight is 275 g/mol. The van der Waals surface area contributed by atoms with Crippen LogP contribution >= 0.6 is 0 Å². The molecule has 0 fully saturated rings. The predicted molar refractivity (Wildman–Crippen MR) is 78.9 cm³/mol. The van der Waals surface area contributed by atoms with Crippen molar-refractivity contribution in [1.29, 1.82) is 0 Å². The molecule has 20 heavy (non-hydrogen) atoms. The van der Waals surface area contributed by atoms with Crippen LogP contribution < -0.4 is 15.8 Å². The van der Waals surface area contributed by atoms with Crippen LogP contribution in [-0.4, -0.2) is 11.6 Å². The standard InChI is InChI=1S/C15H18FN3O/c1-3-8-20-15-12(17)6-7-14(19-15)18-13-9-10(2)4-5-11(13)16/h4-7,9H,3,8,17H2,1-2H3,(H,18,19). The van der Waals surface area contributed by atoms with Crippen LogP contribution in [0.25, 0.3) is 0 Å². The first kappa shape index (κ1) is 14.1. The largest absolute Gasteiger partial charge is 0.476 e. The SMILES string of the molecule is CCCOc1nc(Nc2cc(C)ccc2F)ccc1N. The molecule has 0 aliphatic carbocycles. The number of hydrogen-bond donors (Lipinski definition) is 2. The highest BCUT2D eigenvalue weighted by Gasteiger charge is 2.07. The summed E-state index contributed by atoms with van der Waals surface area (Å²) in [5, 5.41) is 2.94. The summed E-state index contributed by atoms with van der Waals surface area (Å²) < 4.78 is 19.1. The predicted octanol–water partition coefficient (Wildman–Crippen LogP) is 3.64. The number of benzene rings is 1. The molecule has 0 atom stereocenters. The second kappa shape index (κ2) is 6.23. The first-order valence-electron chi connectivity index (χ1n) is 6.52. The Labute approximate surface area is 117 Å². The first-order valence-corrected chi connectivity index (χ1v) is 6.52. The Bertz CT molecular complexity index is 602. The van der Waals surface area contributed by atoms with Gasteiger partial charge in [-0.2, -0.15) is 4.98 Å². The maximum atomic E-state index is 13.7. The van der Waals surface area contributed by atoms with Crippen LogP contribution in [0, 0.1) is 12.7 Å². The lowest BCUT2D eigenvalue weighted by Gasteiger charge is -2.11. The molecular formula is C15H18FN3O. The third-order valence-electron chi connectivity index (χ3n) is 2.72. The van der Waals surface area contributed by atoms with Gasteiger partial charge < -0.3 is 15.8 Å². The monoisotopic (exact) mass is 275 g/mol. The number of ether oxygens (including phenoxy) is 1. The van der Waals surface area contributed by atoms with Gasteiger partial charge in [0.25, 0.3) is 0 Å². The molecule has 106 valence electrons. The Morgan fingerprint density at radius 2 is 2.10 bits per heavy atom. The van der Waals surface area contributed by atoms with Crippen LogP contribution in [-0.2, 0) is 0 Å². The summed E-state index contributed by atoms with van der Waals surface area (Å²) >= 11 is 0. The molecule has 0 aliphatic rings. The minimum atomic E-state index is -0.328. The number of pyridine rings is 1. The number of aromatic nitrogens is 1. The number of nitrogens with zero attached hydrogens (tertiary/aromatic N) is 1. The Balaban J connectivity index is 2.22. The summed E-state index contributed by atoms with van der Waals surface area (Å²) in [5.74, 6) is 0.532. The molecule has 4 nitrogen and oxygen atoms in total. The van der Waals surface area contributed by atoms with Crippen molar-refractivity contribution in [2.75, 3.05) is 17.7 Å². The summed E-state index contributed by atoms with van der Waals surface area (Å²) in [6.07, 6.45) is 0.866. The molecule has 1 aromatic carbocycles. The van der Waals surface area contributed by atoms with E-state index in [-0.39, 0.29) is 5.82 Å². The Hall–Kier alpha value is -2.30. The van der Waals surface area contributed by atoms with Gasteiger partial charge in [-0.1, -0.05) is 13.0 Å². The topological polar surface area (TPSA) is 60.2 Å². The van der Waals surface area contributed by atoms with Crippen molar-refractivity contribution in [3.63, 3.8) is 0 Å². The third-order valence-corrected chi connectivity index (χ3v) is 2.72. The normalized spacial score (nSPS) is 10.3. The summed E-state index contributed by atoms with van der Waals surface area (Å²) in [6, 6.07) is 8.24. The van der Waals surface area contributed by atoms with Gasteiger partial charge >= 0.3 is 0 Å². The number of hydrogen-bond acceptors (Lipinski definition) is 4. The maximum Gasteiger partial charge on any atom is 0.239 e. The maximum absolute atomic E-state index is 13.7. The number of nitrogens with one attached hydrogen (secondary N) is 1. The highest BCUT2D eigenvalue weighted by Crippen LogP contribution is 2.25. The second-order valence-corrected chi connectivity index (χ2v) is 4.55. The number of nitrogens with two attached hydrogens (primary N) is 1. The van der Waals surface area contributed by atoms with Crippen LogP contribution in [0.3, 0.4) is 0 Å². The highest BCUT2D eigenvalue weighted by molar-refractivity contribution is 5.61. The molecule has 5 heteroatoms. The molecule has 0 aliphatic heterocycles. The highest BCUT2D eigenvalue weighted by atomic mass is 19.1. The molecular weight excluding hydrogens is 257 g/mol. The molecule has 0 saturated heterocycles. The van der Waals surface area contributed by atoms with E-state index in [4.69, 9.17) is 10.5 Å². The van der Waals surface area contributed by atoms with E-state index in [9.17, 15) is 4.39 Å². The van der Waals surface area contributed by atoms with Crippen LogP contribution in [0.4, 0.5) is 21.6 Å². The van der Waals surface area contributed by atoms with Crippen molar-refractivity contribution in [3.8, 4) is 5.88 Å². The lowest BCUT2D eigenvalue weighted by atomic mass is 10.2. The summed E-state index contributed by atoms with van der Waals surface area (Å²) in [7, 11) is 0. The van der Waals surface area contributed by atoms with Gasteiger partial charge in [-0.25, -0.2) is 4.39 Å². The number of anilines is 3. The van der Waals surface area contributed by atoms with Crippen molar-refractivity contribution in [3.05, 3.63) is 41.7 Å². The molecule has 0 radical (unpaired) electrons. The van der Waals surface area contributed by atoms with Gasteiger partial charge in [-0.3, -0.25) is 0 Å². The van der Waals surface area contributed by atoms with Gasteiger partial charge in [-0.05, 0) is 43.2 Å². The Kier molecular flexibility index (Phi) is 4.40. The molecule has 0 unspecified atom stereocenters. The van der Waals surface area contributed by atoms with Crippen molar-refractivity contribution >= 4 is 17.2 Å². The van der Waals surface area contributed by atoms with Crippen LogP contribution in [0.2, 0.25) is 0 Å². The van der Waals surface area contributed by atoms with E-state index < -0.39 is 0 Å². The lowest BCUT2D eigenvalue weighted by molar-refractivity contribution is 0.307. The van der Waals surface area contributed by atoms with Gasteiger partial charge in [0.1, 0.15) is 11.6 Å². The molecule has 2 rings (SSSR count). The molecule has 0 spiro atoms. The minimum absolute atomic E-state index is 0.328. The smallest absolute Gasteiger partial charge is 0.239 e. The van der Waals surface area contributed by atoms with E-state index >= 15 is 0 Å². The zero-order valence-corrected chi connectivity index (χ0v) is 11.6. The molecule has 0 saturated carbocycles. The van der Waals surface area contributed by atoms with E-state index in [1.807, 2.05) is 13.8 Å².